The largest absolute Gasteiger partial charge is 0.310 e. The van der Waals surface area contributed by atoms with E-state index in [4.69, 9.17) is 0 Å². The lowest BCUT2D eigenvalue weighted by Crippen LogP contribution is -2.18. The molecule has 0 atom stereocenters. The van der Waals surface area contributed by atoms with Gasteiger partial charge in [0.1, 0.15) is 0 Å². The fourth-order valence-electron chi connectivity index (χ4n) is 13.7. The van der Waals surface area contributed by atoms with Crippen molar-refractivity contribution < 1.29 is 0 Å². The summed E-state index contributed by atoms with van der Waals surface area (Å²) in [6.07, 6.45) is 0.908. The Bertz CT molecular complexity index is 3910. The summed E-state index contributed by atoms with van der Waals surface area (Å²) in [6.45, 7) is 19.1. The van der Waals surface area contributed by atoms with Crippen molar-refractivity contribution >= 4 is 38.6 Å². The molecule has 0 fully saturated rings. The fourth-order valence-corrected chi connectivity index (χ4v) is 13.7. The molecule has 0 radical (unpaired) electrons. The molecule has 69 heavy (non-hydrogen) atoms. The number of nitrogens with zero attached hydrogens (tertiary/aromatic N) is 1. The first-order valence-electron chi connectivity index (χ1n) is 25.0. The third-order valence-corrected chi connectivity index (χ3v) is 17.3. The highest BCUT2D eigenvalue weighted by atomic mass is 15.1. The van der Waals surface area contributed by atoms with E-state index in [1.807, 2.05) is 0 Å². The molecule has 332 valence electrons. The van der Waals surface area contributed by atoms with Crippen molar-refractivity contribution in [3.05, 3.63) is 232 Å². The number of hydrogen-bond donors (Lipinski definition) is 0. The molecule has 0 aliphatic heterocycles. The van der Waals surface area contributed by atoms with E-state index in [1.165, 1.54) is 150 Å². The highest BCUT2D eigenvalue weighted by molar-refractivity contribution is 6.07. The molecule has 14 rings (SSSR count). The first kappa shape index (κ1) is 40.6. The maximum atomic E-state index is 2.57. The lowest BCUT2D eigenvalue weighted by Gasteiger charge is -2.30. The highest BCUT2D eigenvalue weighted by Crippen LogP contribution is 2.59. The van der Waals surface area contributed by atoms with Gasteiger partial charge < -0.3 is 4.90 Å². The van der Waals surface area contributed by atoms with Gasteiger partial charge in [-0.3, -0.25) is 0 Å². The Hall–Kier alpha value is -7.48. The van der Waals surface area contributed by atoms with Crippen molar-refractivity contribution in [3.63, 3.8) is 0 Å². The van der Waals surface area contributed by atoms with Gasteiger partial charge in [0.15, 0.2) is 0 Å². The van der Waals surface area contributed by atoms with E-state index < -0.39 is 0 Å². The summed E-state index contributed by atoms with van der Waals surface area (Å²) in [5.41, 5.74) is 30.7. The van der Waals surface area contributed by atoms with Crippen molar-refractivity contribution in [2.75, 3.05) is 4.90 Å². The molecule has 0 N–H and O–H groups in total. The van der Waals surface area contributed by atoms with Gasteiger partial charge in [-0.25, -0.2) is 0 Å². The van der Waals surface area contributed by atoms with Crippen LogP contribution in [0.25, 0.3) is 77.2 Å². The van der Waals surface area contributed by atoms with Crippen LogP contribution < -0.4 is 4.90 Å². The van der Waals surface area contributed by atoms with Crippen LogP contribution in [0, 0.1) is 13.8 Å². The maximum Gasteiger partial charge on any atom is 0.0540 e. The molecule has 4 aliphatic carbocycles. The monoisotopic (exact) mass is 885 g/mol. The van der Waals surface area contributed by atoms with Gasteiger partial charge in [-0.2, -0.15) is 0 Å². The molecule has 0 aromatic heterocycles. The minimum atomic E-state index is -0.218. The summed E-state index contributed by atoms with van der Waals surface area (Å²) in [5, 5.41) is 5.43. The SMILES string of the molecule is Cc1cc2c(c3ccccc13)-c1cc3c(cc1C2(C)C)-c1ccc(N(c2ccc4c(c2)C(C)(C)c2cc5c(cc2-4)C(C)(C)c2cc(C)c4ccccc4c2-5)c2ccccc2-c2ccccc2)cc1C3. The molecule has 0 heterocycles. The van der Waals surface area contributed by atoms with Crippen LogP contribution in [0.15, 0.2) is 176 Å². The van der Waals surface area contributed by atoms with Crippen molar-refractivity contribution in [1.29, 1.82) is 0 Å². The van der Waals surface area contributed by atoms with E-state index in [2.05, 4.69) is 236 Å². The molecule has 0 spiro atoms. The second-order valence-electron chi connectivity index (χ2n) is 22.2. The number of aryl methyl sites for hydroxylation is 2. The zero-order valence-electron chi connectivity index (χ0n) is 40.9. The summed E-state index contributed by atoms with van der Waals surface area (Å²) in [4.78, 5) is 2.53. The van der Waals surface area contributed by atoms with Crippen LogP contribution in [-0.4, -0.2) is 0 Å². The van der Waals surface area contributed by atoms with Gasteiger partial charge in [0.25, 0.3) is 0 Å². The van der Waals surface area contributed by atoms with Gasteiger partial charge in [-0.05, 0) is 202 Å². The predicted molar refractivity (Wildman–Crippen MR) is 292 cm³/mol. The van der Waals surface area contributed by atoms with Crippen molar-refractivity contribution in [2.24, 2.45) is 0 Å². The molecular formula is C68H55N. The second kappa shape index (κ2) is 13.8. The number of fused-ring (bicyclic) bond motifs is 16. The third-order valence-electron chi connectivity index (χ3n) is 17.3. The zero-order valence-corrected chi connectivity index (χ0v) is 40.9. The first-order valence-corrected chi connectivity index (χ1v) is 25.0. The Kier molecular flexibility index (Phi) is 8.13. The zero-order chi connectivity index (χ0) is 46.9. The molecule has 0 bridgehead atoms. The standard InChI is InChI=1S/C68H55N/c1-39-30-61-64(51-23-14-12-20-46(39)51)55-34-43-32-42-33-44(26-28-48(42)53(43)36-59(55)67(61,5)6)69(63-25-17-16-22-49(63)41-18-10-9-11-19-41)45-27-29-50-54-37-60-56(38-58(54)66(3,4)57(50)35-45)65-52-24-15-13-21-47(52)40(2)31-62(65)68(60,7)8/h9-31,33-38H,32H2,1-8H3. The molecule has 1 nitrogen and oxygen atoms in total. The lowest BCUT2D eigenvalue weighted by atomic mass is 9.79. The van der Waals surface area contributed by atoms with E-state index in [-0.39, 0.29) is 16.2 Å². The van der Waals surface area contributed by atoms with Gasteiger partial charge in [0.05, 0.1) is 5.69 Å². The Balaban J connectivity index is 0.913. The van der Waals surface area contributed by atoms with Crippen molar-refractivity contribution in [3.8, 4) is 55.6 Å². The average Bonchev–Trinajstić information content (AvgIpc) is 3.98. The molecule has 0 saturated heterocycles. The quantitative estimate of drug-likeness (QED) is 0.170. The molecule has 0 amide bonds. The predicted octanol–water partition coefficient (Wildman–Crippen LogP) is 18.2. The number of hydrogen-bond acceptors (Lipinski definition) is 1. The number of anilines is 3. The van der Waals surface area contributed by atoms with Gasteiger partial charge >= 0.3 is 0 Å². The topological polar surface area (TPSA) is 3.24 Å². The molecular weight excluding hydrogens is 831 g/mol. The Morgan fingerprint density at radius 1 is 0.333 bits per heavy atom. The van der Waals surface area contributed by atoms with Gasteiger partial charge in [0.2, 0.25) is 0 Å². The Labute approximate surface area is 406 Å². The highest BCUT2D eigenvalue weighted by Gasteiger charge is 2.43. The van der Waals surface area contributed by atoms with E-state index >= 15 is 0 Å². The minimum absolute atomic E-state index is 0.0928. The van der Waals surface area contributed by atoms with Crippen molar-refractivity contribution in [1.82, 2.24) is 0 Å². The molecule has 10 aromatic rings. The van der Waals surface area contributed by atoms with E-state index in [0.717, 1.165) is 6.42 Å². The first-order chi connectivity index (χ1) is 33.3. The van der Waals surface area contributed by atoms with Crippen LogP contribution >= 0.6 is 0 Å². The number of rotatable bonds is 4. The summed E-state index contributed by atoms with van der Waals surface area (Å²) in [7, 11) is 0. The molecule has 1 heteroatoms. The fraction of sp³-hybridized carbons (Fsp3) is 0.176. The summed E-state index contributed by atoms with van der Waals surface area (Å²) in [6, 6.07) is 67.6. The number of para-hydroxylation sites is 1. The molecule has 0 saturated carbocycles. The number of benzene rings is 10. The third kappa shape index (κ3) is 5.42. The summed E-state index contributed by atoms with van der Waals surface area (Å²) < 4.78 is 0. The van der Waals surface area contributed by atoms with Crippen LogP contribution in [0.3, 0.4) is 0 Å². The summed E-state index contributed by atoms with van der Waals surface area (Å²) >= 11 is 0. The van der Waals surface area contributed by atoms with Crippen LogP contribution in [0.4, 0.5) is 17.1 Å². The average molecular weight is 886 g/mol. The van der Waals surface area contributed by atoms with Crippen molar-refractivity contribution in [2.45, 2.75) is 78.1 Å². The van der Waals surface area contributed by atoms with E-state index in [0.29, 0.717) is 0 Å². The lowest BCUT2D eigenvalue weighted by molar-refractivity contribution is 0.652. The van der Waals surface area contributed by atoms with Crippen LogP contribution in [0.5, 0.6) is 0 Å². The minimum Gasteiger partial charge on any atom is -0.310 e. The van der Waals surface area contributed by atoms with Gasteiger partial charge in [0, 0.05) is 33.2 Å². The van der Waals surface area contributed by atoms with Crippen LogP contribution in [0.2, 0.25) is 0 Å². The maximum absolute atomic E-state index is 2.57. The molecule has 4 aliphatic rings. The van der Waals surface area contributed by atoms with Crippen LogP contribution in [-0.2, 0) is 22.7 Å². The molecule has 0 unspecified atom stereocenters. The van der Waals surface area contributed by atoms with Gasteiger partial charge in [-0.15, -0.1) is 0 Å². The summed E-state index contributed by atoms with van der Waals surface area (Å²) in [5.74, 6) is 0. The normalized spacial score (nSPS) is 15.5. The Morgan fingerprint density at radius 3 is 1.45 bits per heavy atom. The molecule has 10 aromatic carbocycles. The smallest absolute Gasteiger partial charge is 0.0540 e. The van der Waals surface area contributed by atoms with Crippen LogP contribution in [0.1, 0.15) is 97.2 Å². The van der Waals surface area contributed by atoms with E-state index in [9.17, 15) is 0 Å². The second-order valence-corrected chi connectivity index (χ2v) is 22.2. The Morgan fingerprint density at radius 2 is 0.797 bits per heavy atom. The van der Waals surface area contributed by atoms with E-state index in [1.54, 1.807) is 0 Å². The van der Waals surface area contributed by atoms with Gasteiger partial charge in [-0.1, -0.05) is 163 Å².